The van der Waals surface area contributed by atoms with Gasteiger partial charge in [-0.05, 0) is 37.6 Å². The van der Waals surface area contributed by atoms with Crippen molar-refractivity contribution < 1.29 is 14.4 Å². The number of Topliss-reactive ketones (excluding diaryl/α,β-unsaturated/α-hetero) is 1. The van der Waals surface area contributed by atoms with Crippen LogP contribution in [0, 0.1) is 0 Å². The maximum atomic E-state index is 12.6. The van der Waals surface area contributed by atoms with Gasteiger partial charge in [-0.15, -0.1) is 0 Å². The van der Waals surface area contributed by atoms with Crippen LogP contribution >= 0.6 is 0 Å². The predicted octanol–water partition coefficient (Wildman–Crippen LogP) is 3.27. The summed E-state index contributed by atoms with van der Waals surface area (Å²) in [4.78, 5) is 37.7. The molecule has 5 heteroatoms. The van der Waals surface area contributed by atoms with Crippen molar-refractivity contribution in [3.63, 3.8) is 0 Å². The molecule has 1 N–H and O–H groups in total. The predicted molar refractivity (Wildman–Crippen MR) is 92.4 cm³/mol. The standard InChI is InChI=1S/C19H18N2O3/c1-13(22)14-6-4-7-15(12-14)20-19(24)16-8-2-3-9-17(16)21-11-5-10-18(21)23/h2-4,6-9,12H,5,10-11H2,1H3,(H,20,24). The van der Waals surface area contributed by atoms with E-state index in [0.717, 1.165) is 6.42 Å². The number of carbonyl (C=O) groups is 3. The van der Waals surface area contributed by atoms with Gasteiger partial charge in [0.15, 0.2) is 5.78 Å². The monoisotopic (exact) mass is 322 g/mol. The first-order chi connectivity index (χ1) is 11.6. The lowest BCUT2D eigenvalue weighted by Crippen LogP contribution is -2.27. The summed E-state index contributed by atoms with van der Waals surface area (Å²) < 4.78 is 0. The van der Waals surface area contributed by atoms with Gasteiger partial charge >= 0.3 is 0 Å². The van der Waals surface area contributed by atoms with Crippen molar-refractivity contribution in [3.8, 4) is 0 Å². The molecule has 0 unspecified atom stereocenters. The molecule has 3 rings (SSSR count). The lowest BCUT2D eigenvalue weighted by atomic mass is 10.1. The van der Waals surface area contributed by atoms with E-state index >= 15 is 0 Å². The van der Waals surface area contributed by atoms with Crippen LogP contribution in [0.25, 0.3) is 0 Å². The number of nitrogens with one attached hydrogen (secondary N) is 1. The van der Waals surface area contributed by atoms with E-state index in [1.807, 2.05) is 6.07 Å². The van der Waals surface area contributed by atoms with E-state index in [9.17, 15) is 14.4 Å². The minimum Gasteiger partial charge on any atom is -0.322 e. The normalized spacial score (nSPS) is 13.9. The Balaban J connectivity index is 1.87. The molecule has 2 amide bonds. The second kappa shape index (κ2) is 6.66. The molecular weight excluding hydrogens is 304 g/mol. The molecule has 122 valence electrons. The largest absolute Gasteiger partial charge is 0.322 e. The molecule has 0 radical (unpaired) electrons. The number of hydrogen-bond donors (Lipinski definition) is 1. The number of para-hydroxylation sites is 1. The van der Waals surface area contributed by atoms with Crippen molar-refractivity contribution in [2.75, 3.05) is 16.8 Å². The fraction of sp³-hybridized carbons (Fsp3) is 0.211. The molecule has 0 atom stereocenters. The molecule has 1 heterocycles. The van der Waals surface area contributed by atoms with E-state index in [0.29, 0.717) is 35.5 Å². The average molecular weight is 322 g/mol. The highest BCUT2D eigenvalue weighted by Gasteiger charge is 2.25. The molecule has 2 aromatic carbocycles. The summed E-state index contributed by atoms with van der Waals surface area (Å²) in [5, 5.41) is 2.80. The second-order valence-electron chi connectivity index (χ2n) is 5.76. The van der Waals surface area contributed by atoms with Gasteiger partial charge in [0.25, 0.3) is 5.91 Å². The summed E-state index contributed by atoms with van der Waals surface area (Å²) in [6.45, 7) is 2.11. The Kier molecular flexibility index (Phi) is 4.42. The first-order valence-electron chi connectivity index (χ1n) is 7.88. The molecule has 1 aliphatic rings. The van der Waals surface area contributed by atoms with Crippen molar-refractivity contribution in [2.24, 2.45) is 0 Å². The maximum Gasteiger partial charge on any atom is 0.257 e. The van der Waals surface area contributed by atoms with Crippen molar-refractivity contribution >= 4 is 29.0 Å². The average Bonchev–Trinajstić information content (AvgIpc) is 3.01. The zero-order chi connectivity index (χ0) is 17.1. The van der Waals surface area contributed by atoms with Gasteiger partial charge in [0, 0.05) is 24.2 Å². The van der Waals surface area contributed by atoms with Crippen molar-refractivity contribution in [3.05, 3.63) is 59.7 Å². The van der Waals surface area contributed by atoms with Gasteiger partial charge in [0.1, 0.15) is 0 Å². The first-order valence-corrected chi connectivity index (χ1v) is 7.88. The van der Waals surface area contributed by atoms with E-state index in [1.54, 1.807) is 47.4 Å². The molecule has 2 aromatic rings. The van der Waals surface area contributed by atoms with Gasteiger partial charge < -0.3 is 10.2 Å². The van der Waals surface area contributed by atoms with Gasteiger partial charge in [0.2, 0.25) is 5.91 Å². The third-order valence-electron chi connectivity index (χ3n) is 4.04. The molecule has 0 aliphatic carbocycles. The van der Waals surface area contributed by atoms with Gasteiger partial charge in [-0.2, -0.15) is 0 Å². The van der Waals surface area contributed by atoms with E-state index in [-0.39, 0.29) is 17.6 Å². The van der Waals surface area contributed by atoms with Crippen LogP contribution in [0.1, 0.15) is 40.5 Å². The number of carbonyl (C=O) groups excluding carboxylic acids is 3. The summed E-state index contributed by atoms with van der Waals surface area (Å²) in [5.41, 5.74) is 2.16. The molecule has 1 saturated heterocycles. The number of ketones is 1. The van der Waals surface area contributed by atoms with Crippen LogP contribution in [-0.4, -0.2) is 24.1 Å². The van der Waals surface area contributed by atoms with E-state index in [2.05, 4.69) is 5.32 Å². The Labute approximate surface area is 140 Å². The SMILES string of the molecule is CC(=O)c1cccc(NC(=O)c2ccccc2N2CCCC2=O)c1. The van der Waals surface area contributed by atoms with Gasteiger partial charge in [-0.25, -0.2) is 0 Å². The fourth-order valence-electron chi connectivity index (χ4n) is 2.82. The van der Waals surface area contributed by atoms with Crippen LogP contribution in [-0.2, 0) is 4.79 Å². The van der Waals surface area contributed by atoms with Gasteiger partial charge in [0.05, 0.1) is 11.3 Å². The smallest absolute Gasteiger partial charge is 0.257 e. The molecule has 0 bridgehead atoms. The topological polar surface area (TPSA) is 66.5 Å². The maximum absolute atomic E-state index is 12.6. The minimum atomic E-state index is -0.300. The van der Waals surface area contributed by atoms with Crippen molar-refractivity contribution in [1.29, 1.82) is 0 Å². The highest BCUT2D eigenvalue weighted by atomic mass is 16.2. The van der Waals surface area contributed by atoms with E-state index in [1.165, 1.54) is 6.92 Å². The number of amides is 2. The summed E-state index contributed by atoms with van der Waals surface area (Å²) in [7, 11) is 0. The Bertz CT molecular complexity index is 814. The molecule has 5 nitrogen and oxygen atoms in total. The Hall–Kier alpha value is -2.95. The summed E-state index contributed by atoms with van der Waals surface area (Å²) in [5.74, 6) is -0.325. The highest BCUT2D eigenvalue weighted by molar-refractivity contribution is 6.11. The number of hydrogen-bond acceptors (Lipinski definition) is 3. The molecule has 1 fully saturated rings. The van der Waals surface area contributed by atoms with Crippen LogP contribution < -0.4 is 10.2 Å². The summed E-state index contributed by atoms with van der Waals surface area (Å²) >= 11 is 0. The van der Waals surface area contributed by atoms with Crippen LogP contribution in [0.4, 0.5) is 11.4 Å². The molecule has 0 saturated carbocycles. The van der Waals surface area contributed by atoms with Crippen LogP contribution in [0.5, 0.6) is 0 Å². The summed E-state index contributed by atoms with van der Waals surface area (Å²) in [6, 6.07) is 13.9. The highest BCUT2D eigenvalue weighted by Crippen LogP contribution is 2.26. The van der Waals surface area contributed by atoms with Crippen LogP contribution in [0.2, 0.25) is 0 Å². The van der Waals surface area contributed by atoms with Gasteiger partial charge in [-0.3, -0.25) is 14.4 Å². The molecule has 24 heavy (non-hydrogen) atoms. The summed E-state index contributed by atoms with van der Waals surface area (Å²) in [6.07, 6.45) is 1.31. The molecular formula is C19H18N2O3. The number of nitrogens with zero attached hydrogens (tertiary/aromatic N) is 1. The Morgan fingerprint density at radius 3 is 2.58 bits per heavy atom. The Morgan fingerprint density at radius 1 is 1.08 bits per heavy atom. The third kappa shape index (κ3) is 3.20. The fourth-order valence-corrected chi connectivity index (χ4v) is 2.82. The second-order valence-corrected chi connectivity index (χ2v) is 5.76. The van der Waals surface area contributed by atoms with Gasteiger partial charge in [-0.1, -0.05) is 24.3 Å². The van der Waals surface area contributed by atoms with E-state index in [4.69, 9.17) is 0 Å². The molecule has 0 aromatic heterocycles. The number of anilines is 2. The zero-order valence-corrected chi connectivity index (χ0v) is 13.4. The Morgan fingerprint density at radius 2 is 1.88 bits per heavy atom. The third-order valence-corrected chi connectivity index (χ3v) is 4.04. The molecule has 0 spiro atoms. The quantitative estimate of drug-likeness (QED) is 0.879. The first kappa shape index (κ1) is 15.9. The number of rotatable bonds is 4. The zero-order valence-electron chi connectivity index (χ0n) is 13.4. The van der Waals surface area contributed by atoms with E-state index < -0.39 is 0 Å². The van der Waals surface area contributed by atoms with Crippen molar-refractivity contribution in [2.45, 2.75) is 19.8 Å². The van der Waals surface area contributed by atoms with Crippen LogP contribution in [0.15, 0.2) is 48.5 Å². The minimum absolute atomic E-state index is 0.0360. The molecule has 1 aliphatic heterocycles. The number of benzene rings is 2. The van der Waals surface area contributed by atoms with Crippen molar-refractivity contribution in [1.82, 2.24) is 0 Å². The lowest BCUT2D eigenvalue weighted by molar-refractivity contribution is -0.117. The lowest BCUT2D eigenvalue weighted by Gasteiger charge is -2.19. The van der Waals surface area contributed by atoms with Crippen LogP contribution in [0.3, 0.4) is 0 Å².